The Morgan fingerprint density at radius 1 is 0.478 bits per heavy atom. The van der Waals surface area contributed by atoms with Crippen LogP contribution in [0.4, 0.5) is 17.1 Å². The molecule has 69 heavy (non-hydrogen) atoms. The molecule has 0 N–H and O–H groups in total. The summed E-state index contributed by atoms with van der Waals surface area (Å²) < 4.78 is 9.20. The third-order valence-corrected chi connectivity index (χ3v) is 14.3. The van der Waals surface area contributed by atoms with Crippen LogP contribution < -0.4 is 4.90 Å². The Labute approximate surface area is 400 Å². The largest absolute Gasteiger partial charge is 0.455 e. The molecule has 322 valence electrons. The molecule has 0 bridgehead atoms. The number of hydrogen-bond acceptors (Lipinski definition) is 2. The number of allylic oxidation sites excluding steroid dienone is 1. The van der Waals surface area contributed by atoms with Crippen molar-refractivity contribution in [2.24, 2.45) is 0 Å². The van der Waals surface area contributed by atoms with Gasteiger partial charge >= 0.3 is 0 Å². The molecule has 2 heterocycles. The second-order valence-electron chi connectivity index (χ2n) is 18.1. The lowest BCUT2D eigenvalue weighted by molar-refractivity contribution is 0.673. The summed E-state index contributed by atoms with van der Waals surface area (Å²) in [6.45, 7) is 0. The summed E-state index contributed by atoms with van der Waals surface area (Å²) in [6, 6.07) is 86.2. The van der Waals surface area contributed by atoms with Crippen molar-refractivity contribution in [3.8, 4) is 39.1 Å². The number of rotatable bonds is 7. The zero-order valence-electron chi connectivity index (χ0n) is 37.7. The van der Waals surface area contributed by atoms with Gasteiger partial charge in [0.15, 0.2) is 0 Å². The van der Waals surface area contributed by atoms with Gasteiger partial charge in [-0.15, -0.1) is 0 Å². The van der Waals surface area contributed by atoms with Crippen molar-refractivity contribution in [2.45, 2.75) is 12.8 Å². The summed E-state index contributed by atoms with van der Waals surface area (Å²) in [4.78, 5) is 2.34. The summed E-state index contributed by atoms with van der Waals surface area (Å²) >= 11 is 0. The minimum atomic E-state index is 0.864. The molecule has 1 aliphatic rings. The van der Waals surface area contributed by atoms with Gasteiger partial charge in [-0.05, 0) is 123 Å². The van der Waals surface area contributed by atoms with Gasteiger partial charge in [0, 0.05) is 55.2 Å². The van der Waals surface area contributed by atoms with Crippen molar-refractivity contribution in [2.75, 3.05) is 4.90 Å². The first-order chi connectivity index (χ1) is 34.2. The molecule has 3 heteroatoms. The molecule has 0 aliphatic heterocycles. The molecule has 14 rings (SSSR count). The van der Waals surface area contributed by atoms with E-state index in [1.807, 2.05) is 0 Å². The van der Waals surface area contributed by atoms with E-state index < -0.39 is 0 Å². The van der Waals surface area contributed by atoms with Gasteiger partial charge in [0.25, 0.3) is 0 Å². The number of hydrogen-bond donors (Lipinski definition) is 0. The fraction of sp³-hybridized carbons (Fsp3) is 0.0303. The molecule has 2 aromatic heterocycles. The topological polar surface area (TPSA) is 21.3 Å². The molecular weight excluding hydrogens is 837 g/mol. The molecule has 0 fully saturated rings. The quantitative estimate of drug-likeness (QED) is 0.149. The number of anilines is 3. The summed E-state index contributed by atoms with van der Waals surface area (Å²) in [5.74, 6) is 0. The first kappa shape index (κ1) is 39.1. The van der Waals surface area contributed by atoms with Crippen molar-refractivity contribution in [1.29, 1.82) is 0 Å². The Hall–Kier alpha value is -9.10. The zero-order valence-corrected chi connectivity index (χ0v) is 37.7. The molecule has 0 saturated carbocycles. The first-order valence-electron chi connectivity index (χ1n) is 23.8. The summed E-state index contributed by atoms with van der Waals surface area (Å²) in [6.07, 6.45) is 6.62. The van der Waals surface area contributed by atoms with Crippen LogP contribution in [0.1, 0.15) is 17.7 Å². The Morgan fingerprint density at radius 3 is 2.04 bits per heavy atom. The molecule has 11 aromatic carbocycles. The van der Waals surface area contributed by atoms with E-state index in [9.17, 15) is 0 Å². The fourth-order valence-corrected chi connectivity index (χ4v) is 11.2. The number of nitrogens with zero attached hydrogens (tertiary/aromatic N) is 2. The molecule has 3 nitrogen and oxygen atoms in total. The van der Waals surface area contributed by atoms with Crippen LogP contribution in [0.5, 0.6) is 0 Å². The lowest BCUT2D eigenvalue weighted by Gasteiger charge is -2.27. The predicted octanol–water partition coefficient (Wildman–Crippen LogP) is 18.0. The Morgan fingerprint density at radius 2 is 1.19 bits per heavy atom. The van der Waals surface area contributed by atoms with Crippen molar-refractivity contribution < 1.29 is 4.42 Å². The molecule has 0 saturated heterocycles. The third kappa shape index (κ3) is 6.23. The van der Waals surface area contributed by atoms with Gasteiger partial charge in [-0.2, -0.15) is 0 Å². The highest BCUT2D eigenvalue weighted by atomic mass is 16.3. The van der Waals surface area contributed by atoms with E-state index in [0.717, 1.165) is 96.1 Å². The molecule has 0 amide bonds. The van der Waals surface area contributed by atoms with E-state index in [-0.39, 0.29) is 0 Å². The highest BCUT2D eigenvalue weighted by molar-refractivity contribution is 6.20. The van der Waals surface area contributed by atoms with Gasteiger partial charge in [0.2, 0.25) is 0 Å². The van der Waals surface area contributed by atoms with Crippen molar-refractivity contribution in [3.63, 3.8) is 0 Å². The van der Waals surface area contributed by atoms with E-state index in [4.69, 9.17) is 4.42 Å². The van der Waals surface area contributed by atoms with Crippen LogP contribution in [0.25, 0.3) is 110 Å². The van der Waals surface area contributed by atoms with E-state index >= 15 is 0 Å². The Kier molecular flexibility index (Phi) is 8.94. The normalized spacial score (nSPS) is 12.3. The summed E-state index contributed by atoms with van der Waals surface area (Å²) in [5, 5.41) is 10.7. The van der Waals surface area contributed by atoms with Gasteiger partial charge in [0.05, 0.1) is 22.6 Å². The molecular formula is C66H42N2O. The van der Waals surface area contributed by atoms with Crippen LogP contribution in [-0.4, -0.2) is 4.57 Å². The van der Waals surface area contributed by atoms with Gasteiger partial charge in [-0.25, -0.2) is 0 Å². The van der Waals surface area contributed by atoms with E-state index in [1.165, 1.54) is 49.3 Å². The number of benzene rings is 10. The SMILES string of the molecule is c1c(-c2ccccc2-n2c3c(c4ccccc42)C=CCC3)ccc(N(c2ccc(-c3cc4ccccc4c4ccccc34)cc2)c2ccccc2-c2cccc3oc4c5ccccc5ccc4c23)c#1. The lowest BCUT2D eigenvalue weighted by atomic mass is 9.93. The Balaban J connectivity index is 0.940. The minimum absolute atomic E-state index is 0.864. The van der Waals surface area contributed by atoms with Crippen molar-refractivity contribution >= 4 is 88.3 Å². The Bertz CT molecular complexity index is 4190. The van der Waals surface area contributed by atoms with Crippen LogP contribution in [0.3, 0.4) is 0 Å². The smallest absolute Gasteiger partial charge is 0.143 e. The van der Waals surface area contributed by atoms with E-state index in [1.54, 1.807) is 0 Å². The molecule has 0 spiro atoms. The number of furan rings is 1. The number of aromatic nitrogens is 1. The maximum Gasteiger partial charge on any atom is 0.143 e. The second-order valence-corrected chi connectivity index (χ2v) is 18.1. The zero-order chi connectivity index (χ0) is 45.4. The van der Waals surface area contributed by atoms with Crippen LogP contribution in [0.2, 0.25) is 0 Å². The van der Waals surface area contributed by atoms with E-state index in [0.29, 0.717) is 0 Å². The van der Waals surface area contributed by atoms with Crippen molar-refractivity contribution in [1.82, 2.24) is 4.57 Å². The predicted molar refractivity (Wildman–Crippen MR) is 289 cm³/mol. The summed E-state index contributed by atoms with van der Waals surface area (Å²) in [5.41, 5.74) is 16.4. The maximum atomic E-state index is 6.73. The van der Waals surface area contributed by atoms with Gasteiger partial charge in [-0.1, -0.05) is 176 Å². The van der Waals surface area contributed by atoms with Crippen molar-refractivity contribution in [3.05, 3.63) is 248 Å². The van der Waals surface area contributed by atoms with Gasteiger partial charge < -0.3 is 13.9 Å². The molecule has 0 atom stereocenters. The highest BCUT2D eigenvalue weighted by Crippen LogP contribution is 2.47. The number of para-hydroxylation sites is 3. The van der Waals surface area contributed by atoms with E-state index in [2.05, 4.69) is 252 Å². The standard InChI is InChI=1S/C66H42N2O/c1-4-20-51-43(16-1)36-41-58-65-57(26-15-31-64(65)69-66(51)58)56-25-10-12-28-61(56)67(48-39-34-45(35-40-48)59-42-46-17-2-3-18-49(46)52-21-5-6-22-53(52)59)47-37-32-44(33-38-47)50-19-7-11-27-60(50)68-62-29-13-8-23-54(62)55-24-9-14-30-63(55)68/h1-13,15-29,31-32,34-37,39-42H,14,30H2. The van der Waals surface area contributed by atoms with Crippen LogP contribution >= 0.6 is 0 Å². The average molecular weight is 879 g/mol. The maximum absolute atomic E-state index is 6.73. The fourth-order valence-electron chi connectivity index (χ4n) is 11.2. The first-order valence-corrected chi connectivity index (χ1v) is 23.8. The molecule has 1 aliphatic carbocycles. The van der Waals surface area contributed by atoms with Gasteiger partial charge in [-0.3, -0.25) is 0 Å². The van der Waals surface area contributed by atoms with Crippen LogP contribution in [0.15, 0.2) is 229 Å². The second kappa shape index (κ2) is 15.8. The summed E-state index contributed by atoms with van der Waals surface area (Å²) in [7, 11) is 0. The highest BCUT2D eigenvalue weighted by Gasteiger charge is 2.23. The minimum Gasteiger partial charge on any atom is -0.455 e. The van der Waals surface area contributed by atoms with Gasteiger partial charge in [0.1, 0.15) is 11.2 Å². The monoisotopic (exact) mass is 878 g/mol. The average Bonchev–Trinajstić information content (AvgIpc) is 3.98. The van der Waals surface area contributed by atoms with Crippen LogP contribution in [-0.2, 0) is 6.42 Å². The number of fused-ring (bicyclic) bond motifs is 11. The molecule has 0 radical (unpaired) electrons. The third-order valence-electron chi connectivity index (χ3n) is 14.3. The lowest BCUT2D eigenvalue weighted by Crippen LogP contribution is -2.11. The molecule has 13 aromatic rings. The van der Waals surface area contributed by atoms with Crippen LogP contribution in [0, 0.1) is 12.1 Å². The molecule has 0 unspecified atom stereocenters.